The Morgan fingerprint density at radius 3 is 2.38 bits per heavy atom. The first-order valence-corrected chi connectivity index (χ1v) is 12.1. The molecule has 0 radical (unpaired) electrons. The third kappa shape index (κ3) is 4.99. The average molecular weight is 424 g/mol. The largest absolute Gasteiger partial charge is 0.498 e. The summed E-state index contributed by atoms with van der Waals surface area (Å²) in [6.07, 6.45) is 6.84. The van der Waals surface area contributed by atoms with E-state index in [1.54, 1.807) is 0 Å². The smallest absolute Gasteiger partial charge is 0.399 e. The average Bonchev–Trinajstić information content (AvgIpc) is 2.89. The minimum Gasteiger partial charge on any atom is -0.399 e. The van der Waals surface area contributed by atoms with Gasteiger partial charge in [0.1, 0.15) is 0 Å². The van der Waals surface area contributed by atoms with Gasteiger partial charge in [-0.05, 0) is 53.5 Å². The van der Waals surface area contributed by atoms with E-state index in [2.05, 4.69) is 14.9 Å². The van der Waals surface area contributed by atoms with Crippen molar-refractivity contribution < 1.29 is 17.7 Å². The van der Waals surface area contributed by atoms with E-state index in [0.717, 1.165) is 32.4 Å². The SMILES string of the molecule is CC1(C)OB(c2cnc(S(=O)(=O)CCC3CCCCN3CCN)nc2)OC1(C)C. The third-order valence-electron chi connectivity index (χ3n) is 6.34. The number of hydrogen-bond acceptors (Lipinski definition) is 8. The molecule has 8 nitrogen and oxygen atoms in total. The fourth-order valence-electron chi connectivity index (χ4n) is 3.82. The maximum atomic E-state index is 12.7. The lowest BCUT2D eigenvalue weighted by molar-refractivity contribution is 0.00578. The zero-order chi connectivity index (χ0) is 21.3. The molecular weight excluding hydrogens is 391 g/mol. The van der Waals surface area contributed by atoms with Gasteiger partial charge in [-0.3, -0.25) is 4.90 Å². The topological polar surface area (TPSA) is 108 Å². The molecular formula is C19H33BN4O4S. The molecule has 29 heavy (non-hydrogen) atoms. The Labute approximate surface area is 174 Å². The number of nitrogens with zero attached hydrogens (tertiary/aromatic N) is 3. The molecule has 0 aromatic carbocycles. The lowest BCUT2D eigenvalue weighted by atomic mass is 9.81. The summed E-state index contributed by atoms with van der Waals surface area (Å²) >= 11 is 0. The fraction of sp³-hybridized carbons (Fsp3) is 0.789. The number of nitrogens with two attached hydrogens (primary N) is 1. The van der Waals surface area contributed by atoms with Crippen LogP contribution in [0.2, 0.25) is 0 Å². The van der Waals surface area contributed by atoms with Crippen LogP contribution < -0.4 is 11.2 Å². The van der Waals surface area contributed by atoms with Gasteiger partial charge in [0.25, 0.3) is 0 Å². The molecule has 1 aromatic heterocycles. The third-order valence-corrected chi connectivity index (χ3v) is 7.88. The van der Waals surface area contributed by atoms with E-state index in [1.165, 1.54) is 12.4 Å². The van der Waals surface area contributed by atoms with Crippen LogP contribution >= 0.6 is 0 Å². The van der Waals surface area contributed by atoms with Gasteiger partial charge in [0.15, 0.2) is 0 Å². The van der Waals surface area contributed by atoms with Crippen LogP contribution in [-0.2, 0) is 19.1 Å². The highest BCUT2D eigenvalue weighted by Gasteiger charge is 2.52. The summed E-state index contributed by atoms with van der Waals surface area (Å²) in [7, 11) is -4.15. The highest BCUT2D eigenvalue weighted by atomic mass is 32.2. The van der Waals surface area contributed by atoms with Gasteiger partial charge in [0, 0.05) is 37.0 Å². The van der Waals surface area contributed by atoms with Gasteiger partial charge in [-0.1, -0.05) is 6.42 Å². The van der Waals surface area contributed by atoms with E-state index in [1.807, 2.05) is 27.7 Å². The zero-order valence-corrected chi connectivity index (χ0v) is 18.7. The molecule has 3 heterocycles. The summed E-state index contributed by atoms with van der Waals surface area (Å²) in [5.74, 6) is 0.0363. The molecule has 162 valence electrons. The monoisotopic (exact) mass is 424 g/mol. The van der Waals surface area contributed by atoms with Crippen molar-refractivity contribution in [2.24, 2.45) is 5.73 Å². The molecule has 2 saturated heterocycles. The Kier molecular flexibility index (Phi) is 6.70. The number of hydrogen-bond donors (Lipinski definition) is 1. The number of likely N-dealkylation sites (tertiary alicyclic amines) is 1. The van der Waals surface area contributed by atoms with Crippen molar-refractivity contribution >= 4 is 22.4 Å². The van der Waals surface area contributed by atoms with Crippen molar-refractivity contribution in [1.29, 1.82) is 0 Å². The van der Waals surface area contributed by atoms with Crippen LogP contribution in [0.15, 0.2) is 17.6 Å². The van der Waals surface area contributed by atoms with E-state index in [-0.39, 0.29) is 17.0 Å². The van der Waals surface area contributed by atoms with Gasteiger partial charge in [-0.25, -0.2) is 18.4 Å². The predicted molar refractivity (Wildman–Crippen MR) is 113 cm³/mol. The minimum absolute atomic E-state index is 0.0363. The highest BCUT2D eigenvalue weighted by molar-refractivity contribution is 7.91. The second-order valence-electron chi connectivity index (χ2n) is 8.97. The van der Waals surface area contributed by atoms with Crippen LogP contribution in [0.25, 0.3) is 0 Å². The van der Waals surface area contributed by atoms with Crippen LogP contribution in [0.3, 0.4) is 0 Å². The van der Waals surface area contributed by atoms with Gasteiger partial charge >= 0.3 is 7.12 Å². The van der Waals surface area contributed by atoms with E-state index in [0.29, 0.717) is 18.4 Å². The molecule has 0 bridgehead atoms. The normalized spacial score (nSPS) is 24.7. The molecule has 0 spiro atoms. The van der Waals surface area contributed by atoms with E-state index < -0.39 is 28.2 Å². The van der Waals surface area contributed by atoms with Crippen molar-refractivity contribution in [1.82, 2.24) is 14.9 Å². The van der Waals surface area contributed by atoms with Crippen molar-refractivity contribution in [2.75, 3.05) is 25.4 Å². The van der Waals surface area contributed by atoms with Gasteiger partial charge in [0.05, 0.1) is 17.0 Å². The quantitative estimate of drug-likeness (QED) is 0.505. The number of rotatable bonds is 7. The highest BCUT2D eigenvalue weighted by Crippen LogP contribution is 2.36. The molecule has 1 unspecified atom stereocenters. The van der Waals surface area contributed by atoms with Crippen LogP contribution in [0.4, 0.5) is 0 Å². The van der Waals surface area contributed by atoms with E-state index in [4.69, 9.17) is 15.0 Å². The molecule has 2 aliphatic rings. The van der Waals surface area contributed by atoms with Crippen LogP contribution in [0, 0.1) is 0 Å². The Bertz CT molecular complexity index is 783. The molecule has 3 rings (SSSR count). The Morgan fingerprint density at radius 1 is 1.17 bits per heavy atom. The summed E-state index contributed by atoms with van der Waals surface area (Å²) in [4.78, 5) is 10.5. The zero-order valence-electron chi connectivity index (χ0n) is 17.9. The molecule has 2 fully saturated rings. The number of sulfone groups is 1. The van der Waals surface area contributed by atoms with Crippen LogP contribution in [0.1, 0.15) is 53.4 Å². The van der Waals surface area contributed by atoms with Crippen molar-refractivity contribution in [3.63, 3.8) is 0 Å². The second kappa shape index (κ2) is 8.59. The van der Waals surface area contributed by atoms with Gasteiger partial charge in [0.2, 0.25) is 15.0 Å². The summed E-state index contributed by atoms with van der Waals surface area (Å²) < 4.78 is 37.4. The first-order chi connectivity index (χ1) is 13.6. The fourth-order valence-corrected chi connectivity index (χ4v) is 5.01. The maximum Gasteiger partial charge on any atom is 0.498 e. The maximum absolute atomic E-state index is 12.7. The first kappa shape index (κ1) is 22.6. The summed E-state index contributed by atoms with van der Waals surface area (Å²) in [5, 5.41) is -0.140. The first-order valence-electron chi connectivity index (χ1n) is 10.4. The van der Waals surface area contributed by atoms with Crippen LogP contribution in [0.5, 0.6) is 0 Å². The Morgan fingerprint density at radius 2 is 1.79 bits per heavy atom. The molecule has 2 aliphatic heterocycles. The van der Waals surface area contributed by atoms with Crippen LogP contribution in [-0.4, -0.2) is 73.0 Å². The molecule has 1 aromatic rings. The molecule has 0 aliphatic carbocycles. The minimum atomic E-state index is -3.55. The lowest BCUT2D eigenvalue weighted by Crippen LogP contribution is -2.43. The van der Waals surface area contributed by atoms with Gasteiger partial charge in [-0.15, -0.1) is 0 Å². The summed E-state index contributed by atoms with van der Waals surface area (Å²) in [6.45, 7) is 10.2. The van der Waals surface area contributed by atoms with E-state index >= 15 is 0 Å². The molecule has 0 amide bonds. The number of piperidine rings is 1. The van der Waals surface area contributed by atoms with E-state index in [9.17, 15) is 8.42 Å². The predicted octanol–water partition coefficient (Wildman–Crippen LogP) is 0.753. The Balaban J connectivity index is 1.64. The standard InChI is InChI=1S/C19H33BN4O4S/c1-18(2)19(3,4)28-20(27-18)15-13-22-17(23-14-15)29(25,26)12-8-16-7-5-6-10-24(16)11-9-21/h13-14,16H,5-12,21H2,1-4H3. The Hall–Kier alpha value is -1.07. The second-order valence-corrected chi connectivity index (χ2v) is 11.0. The lowest BCUT2D eigenvalue weighted by Gasteiger charge is -2.35. The molecule has 1 atom stereocenters. The van der Waals surface area contributed by atoms with Crippen molar-refractivity contribution in [3.8, 4) is 0 Å². The summed E-state index contributed by atoms with van der Waals surface area (Å²) in [5.41, 5.74) is 5.36. The molecule has 2 N–H and O–H groups in total. The summed E-state index contributed by atoms with van der Waals surface area (Å²) in [6, 6.07) is 0.256. The van der Waals surface area contributed by atoms with Crippen molar-refractivity contribution in [2.45, 2.75) is 75.8 Å². The van der Waals surface area contributed by atoms with Crippen molar-refractivity contribution in [3.05, 3.63) is 12.4 Å². The number of aromatic nitrogens is 2. The molecule has 10 heteroatoms. The molecule has 0 saturated carbocycles. The van der Waals surface area contributed by atoms with Gasteiger partial charge in [-0.2, -0.15) is 0 Å². The van der Waals surface area contributed by atoms with Gasteiger partial charge < -0.3 is 15.0 Å².